The number of carbonyl (C=O) groups excluding carboxylic acids is 1. The summed E-state index contributed by atoms with van der Waals surface area (Å²) < 4.78 is 0. The molecule has 0 aromatic rings. The Morgan fingerprint density at radius 3 is 2.76 bits per heavy atom. The molecule has 1 fully saturated rings. The van der Waals surface area contributed by atoms with E-state index < -0.39 is 12.0 Å². The fourth-order valence-corrected chi connectivity index (χ4v) is 2.15. The summed E-state index contributed by atoms with van der Waals surface area (Å²) in [5.74, 6) is -0.415. The van der Waals surface area contributed by atoms with Gasteiger partial charge in [0.25, 0.3) is 0 Å². The van der Waals surface area contributed by atoms with E-state index in [4.69, 9.17) is 5.11 Å². The van der Waals surface area contributed by atoms with E-state index in [1.165, 1.54) is 0 Å². The van der Waals surface area contributed by atoms with Gasteiger partial charge in [-0.1, -0.05) is 0 Å². The van der Waals surface area contributed by atoms with Crippen LogP contribution in [0.3, 0.4) is 0 Å². The molecule has 0 saturated carbocycles. The van der Waals surface area contributed by atoms with Crippen molar-refractivity contribution in [3.8, 4) is 0 Å². The molecule has 1 saturated heterocycles. The predicted octanol–water partition coefficient (Wildman–Crippen LogP) is -0.764. The predicted molar refractivity (Wildman–Crippen MR) is 67.2 cm³/mol. The van der Waals surface area contributed by atoms with Gasteiger partial charge in [-0.2, -0.15) is 11.8 Å². The second kappa shape index (κ2) is 8.32. The van der Waals surface area contributed by atoms with E-state index in [0.29, 0.717) is 6.42 Å². The average Bonchev–Trinajstić information content (AvgIpc) is 2.76. The minimum absolute atomic E-state index is 0. The van der Waals surface area contributed by atoms with Gasteiger partial charge in [-0.3, -0.25) is 4.79 Å². The molecule has 1 aliphatic rings. The van der Waals surface area contributed by atoms with E-state index in [2.05, 4.69) is 10.6 Å². The summed E-state index contributed by atoms with van der Waals surface area (Å²) in [5.41, 5.74) is 0. The van der Waals surface area contributed by atoms with Crippen LogP contribution < -0.4 is 10.6 Å². The van der Waals surface area contributed by atoms with Gasteiger partial charge in [0.2, 0.25) is 5.91 Å². The molecule has 1 heterocycles. The number of nitrogens with one attached hydrogen (secondary N) is 2. The van der Waals surface area contributed by atoms with Crippen molar-refractivity contribution in [2.75, 3.05) is 18.6 Å². The maximum absolute atomic E-state index is 11.7. The van der Waals surface area contributed by atoms with Crippen molar-refractivity contribution in [1.82, 2.24) is 10.6 Å². The first-order valence-corrected chi connectivity index (χ1v) is 6.80. The topological polar surface area (TPSA) is 110 Å². The molecular formula is C10H20N2O4S. The molecule has 0 aliphatic carbocycles. The lowest BCUT2D eigenvalue weighted by atomic mass is 10.1. The molecule has 6 nitrogen and oxygen atoms in total. The number of carboxylic acids is 1. The van der Waals surface area contributed by atoms with Crippen molar-refractivity contribution >= 4 is 23.6 Å². The highest BCUT2D eigenvalue weighted by Crippen LogP contribution is 2.06. The van der Waals surface area contributed by atoms with Gasteiger partial charge in [0.1, 0.15) is 6.04 Å². The van der Waals surface area contributed by atoms with Gasteiger partial charge in [0, 0.05) is 0 Å². The number of thioether (sulfide) groups is 1. The van der Waals surface area contributed by atoms with Crippen molar-refractivity contribution in [3.63, 3.8) is 0 Å². The molecule has 0 bridgehead atoms. The Labute approximate surface area is 105 Å². The molecular weight excluding hydrogens is 244 g/mol. The summed E-state index contributed by atoms with van der Waals surface area (Å²) in [5, 5.41) is 14.6. The van der Waals surface area contributed by atoms with Crippen LogP contribution in [0.5, 0.6) is 0 Å². The Kier molecular flexibility index (Phi) is 7.94. The fraction of sp³-hybridized carbons (Fsp3) is 0.800. The van der Waals surface area contributed by atoms with Crippen LogP contribution in [0, 0.1) is 0 Å². The molecule has 0 radical (unpaired) electrons. The lowest BCUT2D eigenvalue weighted by molar-refractivity contribution is -0.142. The highest BCUT2D eigenvalue weighted by molar-refractivity contribution is 7.98. The first-order chi connectivity index (χ1) is 7.65. The Hall–Kier alpha value is -0.790. The molecule has 17 heavy (non-hydrogen) atoms. The first-order valence-electron chi connectivity index (χ1n) is 5.40. The number of hydrogen-bond donors (Lipinski definition) is 3. The molecule has 1 rings (SSSR count). The second-order valence-corrected chi connectivity index (χ2v) is 4.82. The van der Waals surface area contributed by atoms with E-state index >= 15 is 0 Å². The highest BCUT2D eigenvalue weighted by atomic mass is 32.2. The van der Waals surface area contributed by atoms with E-state index in [-0.39, 0.29) is 17.4 Å². The average molecular weight is 264 g/mol. The van der Waals surface area contributed by atoms with E-state index in [1.807, 2.05) is 6.26 Å². The number of aliphatic carboxylic acids is 1. The third kappa shape index (κ3) is 5.38. The lowest BCUT2D eigenvalue weighted by Gasteiger charge is -2.17. The Morgan fingerprint density at radius 2 is 2.29 bits per heavy atom. The van der Waals surface area contributed by atoms with Crippen LogP contribution in [0.1, 0.15) is 19.3 Å². The summed E-state index contributed by atoms with van der Waals surface area (Å²) in [6.07, 6.45) is 4.15. The summed E-state index contributed by atoms with van der Waals surface area (Å²) in [6, 6.07) is -0.974. The Bertz CT molecular complexity index is 257. The van der Waals surface area contributed by atoms with E-state index in [0.717, 1.165) is 25.1 Å². The van der Waals surface area contributed by atoms with Crippen LogP contribution in [0.4, 0.5) is 0 Å². The van der Waals surface area contributed by atoms with Crippen molar-refractivity contribution < 1.29 is 20.2 Å². The molecule has 2 atom stereocenters. The fourth-order valence-electron chi connectivity index (χ4n) is 1.67. The molecule has 1 amide bonds. The van der Waals surface area contributed by atoms with Gasteiger partial charge in [0.05, 0.1) is 6.04 Å². The summed E-state index contributed by atoms with van der Waals surface area (Å²) in [7, 11) is 0. The smallest absolute Gasteiger partial charge is 0.326 e. The van der Waals surface area contributed by atoms with Gasteiger partial charge in [-0.25, -0.2) is 4.79 Å². The minimum Gasteiger partial charge on any atom is -0.480 e. The number of carboxylic acid groups (broad SMARTS) is 1. The van der Waals surface area contributed by atoms with Crippen molar-refractivity contribution in [1.29, 1.82) is 0 Å². The SMILES string of the molecule is CSCC[C@H](NC(=O)[C@@H]1CCCN1)C(=O)O.O. The first kappa shape index (κ1) is 16.2. The summed E-state index contributed by atoms with van der Waals surface area (Å²) in [4.78, 5) is 22.6. The molecule has 0 spiro atoms. The van der Waals surface area contributed by atoms with Crippen LogP contribution in [0.25, 0.3) is 0 Å². The summed E-state index contributed by atoms with van der Waals surface area (Å²) >= 11 is 1.58. The number of amides is 1. The maximum Gasteiger partial charge on any atom is 0.326 e. The molecule has 0 aromatic heterocycles. The maximum atomic E-state index is 11.7. The molecule has 0 unspecified atom stereocenters. The van der Waals surface area contributed by atoms with Crippen LogP contribution in [-0.2, 0) is 9.59 Å². The minimum atomic E-state index is -0.958. The van der Waals surface area contributed by atoms with E-state index in [9.17, 15) is 9.59 Å². The Balaban J connectivity index is 0.00000256. The number of carbonyl (C=O) groups is 2. The van der Waals surface area contributed by atoms with Gasteiger partial charge in [-0.05, 0) is 37.8 Å². The summed E-state index contributed by atoms with van der Waals surface area (Å²) in [6.45, 7) is 0.834. The zero-order chi connectivity index (χ0) is 12.0. The van der Waals surface area contributed by atoms with Crippen LogP contribution in [0.2, 0.25) is 0 Å². The zero-order valence-corrected chi connectivity index (χ0v) is 10.7. The van der Waals surface area contributed by atoms with Gasteiger partial charge >= 0.3 is 5.97 Å². The van der Waals surface area contributed by atoms with Gasteiger partial charge in [0.15, 0.2) is 0 Å². The molecule has 5 N–H and O–H groups in total. The van der Waals surface area contributed by atoms with Gasteiger partial charge in [-0.15, -0.1) is 0 Å². The number of hydrogen-bond acceptors (Lipinski definition) is 4. The quantitative estimate of drug-likeness (QED) is 0.584. The second-order valence-electron chi connectivity index (χ2n) is 3.83. The van der Waals surface area contributed by atoms with Crippen LogP contribution in [-0.4, -0.2) is 53.1 Å². The molecule has 7 heteroatoms. The van der Waals surface area contributed by atoms with Crippen molar-refractivity contribution in [2.45, 2.75) is 31.3 Å². The normalized spacial score (nSPS) is 20.4. The number of rotatable bonds is 6. The standard InChI is InChI=1S/C10H18N2O3S.H2O/c1-16-6-4-8(10(14)15)12-9(13)7-3-2-5-11-7;/h7-8,11H,2-6H2,1H3,(H,12,13)(H,14,15);1H2/t7-,8-;/m0./s1. The molecule has 100 valence electrons. The highest BCUT2D eigenvalue weighted by Gasteiger charge is 2.26. The molecule has 0 aromatic carbocycles. The van der Waals surface area contributed by atoms with Crippen molar-refractivity contribution in [3.05, 3.63) is 0 Å². The van der Waals surface area contributed by atoms with E-state index in [1.54, 1.807) is 11.8 Å². The zero-order valence-electron chi connectivity index (χ0n) is 9.86. The monoisotopic (exact) mass is 264 g/mol. The Morgan fingerprint density at radius 1 is 1.59 bits per heavy atom. The lowest BCUT2D eigenvalue weighted by Crippen LogP contribution is -2.48. The van der Waals surface area contributed by atoms with Crippen LogP contribution >= 0.6 is 11.8 Å². The molecule has 1 aliphatic heterocycles. The third-order valence-electron chi connectivity index (χ3n) is 2.60. The van der Waals surface area contributed by atoms with Crippen molar-refractivity contribution in [2.24, 2.45) is 0 Å². The largest absolute Gasteiger partial charge is 0.480 e. The van der Waals surface area contributed by atoms with Crippen LogP contribution in [0.15, 0.2) is 0 Å². The van der Waals surface area contributed by atoms with Gasteiger partial charge < -0.3 is 21.2 Å². The third-order valence-corrected chi connectivity index (χ3v) is 3.25.